The SMILES string of the molecule is N#Cc1cccc(C(=O)N2C[C@@H](Oc3cccnc3)C[C@H]2C(N)=O)c1. The molecule has 1 aromatic heterocycles. The number of nitrogens with two attached hydrogens (primary N) is 1. The number of carbonyl (C=O) groups excluding carboxylic acids is 2. The van der Waals surface area contributed by atoms with Gasteiger partial charge in [-0.05, 0) is 30.3 Å². The molecule has 0 saturated carbocycles. The Morgan fingerprint density at radius 1 is 1.32 bits per heavy atom. The predicted octanol–water partition coefficient (Wildman–Crippen LogP) is 1.10. The highest BCUT2D eigenvalue weighted by atomic mass is 16.5. The quantitative estimate of drug-likeness (QED) is 0.899. The molecule has 1 aromatic carbocycles. The van der Waals surface area contributed by atoms with Crippen molar-refractivity contribution in [2.75, 3.05) is 6.54 Å². The first-order valence-corrected chi connectivity index (χ1v) is 7.75. The van der Waals surface area contributed by atoms with E-state index in [1.165, 1.54) is 11.0 Å². The van der Waals surface area contributed by atoms with Gasteiger partial charge in [-0.15, -0.1) is 0 Å². The largest absolute Gasteiger partial charge is 0.487 e. The molecule has 1 aliphatic rings. The zero-order valence-corrected chi connectivity index (χ0v) is 13.3. The first-order valence-electron chi connectivity index (χ1n) is 7.75. The molecule has 0 spiro atoms. The summed E-state index contributed by atoms with van der Waals surface area (Å²) in [6.07, 6.45) is 3.16. The van der Waals surface area contributed by atoms with Gasteiger partial charge in [0.2, 0.25) is 5.91 Å². The van der Waals surface area contributed by atoms with Gasteiger partial charge < -0.3 is 15.4 Å². The van der Waals surface area contributed by atoms with Crippen molar-refractivity contribution < 1.29 is 14.3 Å². The molecule has 0 aliphatic carbocycles. The van der Waals surface area contributed by atoms with Gasteiger partial charge in [0, 0.05) is 18.2 Å². The van der Waals surface area contributed by atoms with Crippen LogP contribution in [0.2, 0.25) is 0 Å². The van der Waals surface area contributed by atoms with E-state index in [1.807, 2.05) is 6.07 Å². The molecule has 2 atom stereocenters. The van der Waals surface area contributed by atoms with E-state index in [1.54, 1.807) is 42.7 Å². The Kier molecular flexibility index (Phi) is 4.61. The van der Waals surface area contributed by atoms with Crippen LogP contribution in [0.5, 0.6) is 5.75 Å². The summed E-state index contributed by atoms with van der Waals surface area (Å²) >= 11 is 0. The van der Waals surface area contributed by atoms with Gasteiger partial charge in [-0.3, -0.25) is 14.6 Å². The molecule has 0 bridgehead atoms. The highest BCUT2D eigenvalue weighted by Crippen LogP contribution is 2.24. The number of hydrogen-bond acceptors (Lipinski definition) is 5. The van der Waals surface area contributed by atoms with Gasteiger partial charge in [0.25, 0.3) is 5.91 Å². The predicted molar refractivity (Wildman–Crippen MR) is 88.4 cm³/mol. The first-order chi connectivity index (χ1) is 12.1. The van der Waals surface area contributed by atoms with Gasteiger partial charge in [0.1, 0.15) is 17.9 Å². The topological polar surface area (TPSA) is 109 Å². The summed E-state index contributed by atoms with van der Waals surface area (Å²) < 4.78 is 5.80. The summed E-state index contributed by atoms with van der Waals surface area (Å²) in [5.41, 5.74) is 6.18. The van der Waals surface area contributed by atoms with E-state index in [0.717, 1.165) is 0 Å². The smallest absolute Gasteiger partial charge is 0.254 e. The van der Waals surface area contributed by atoms with Gasteiger partial charge in [-0.25, -0.2) is 0 Å². The molecule has 1 aliphatic heterocycles. The third kappa shape index (κ3) is 3.58. The molecular weight excluding hydrogens is 320 g/mol. The lowest BCUT2D eigenvalue weighted by molar-refractivity contribution is -0.121. The number of pyridine rings is 1. The van der Waals surface area contributed by atoms with Crippen molar-refractivity contribution in [2.24, 2.45) is 5.73 Å². The fourth-order valence-electron chi connectivity index (χ4n) is 2.87. The molecule has 1 fully saturated rings. The van der Waals surface area contributed by atoms with Crippen molar-refractivity contribution in [1.82, 2.24) is 9.88 Å². The summed E-state index contributed by atoms with van der Waals surface area (Å²) in [7, 11) is 0. The number of primary amides is 1. The molecule has 2 aromatic rings. The van der Waals surface area contributed by atoms with E-state index in [4.69, 9.17) is 15.7 Å². The fourth-order valence-corrected chi connectivity index (χ4v) is 2.87. The highest BCUT2D eigenvalue weighted by Gasteiger charge is 2.40. The molecule has 1 saturated heterocycles. The van der Waals surface area contributed by atoms with Crippen LogP contribution in [0.15, 0.2) is 48.8 Å². The number of benzene rings is 1. The van der Waals surface area contributed by atoms with Gasteiger partial charge in [-0.2, -0.15) is 5.26 Å². The van der Waals surface area contributed by atoms with E-state index in [0.29, 0.717) is 23.3 Å². The van der Waals surface area contributed by atoms with Crippen LogP contribution in [0.4, 0.5) is 0 Å². The third-order valence-electron chi connectivity index (χ3n) is 4.03. The molecule has 7 heteroatoms. The van der Waals surface area contributed by atoms with Gasteiger partial charge >= 0.3 is 0 Å². The summed E-state index contributed by atoms with van der Waals surface area (Å²) in [5.74, 6) is -0.364. The minimum absolute atomic E-state index is 0.234. The number of rotatable bonds is 4. The van der Waals surface area contributed by atoms with Gasteiger partial charge in [0.05, 0.1) is 24.4 Å². The third-order valence-corrected chi connectivity index (χ3v) is 4.03. The average Bonchev–Trinajstić information content (AvgIpc) is 3.06. The number of aromatic nitrogens is 1. The molecule has 0 unspecified atom stereocenters. The lowest BCUT2D eigenvalue weighted by Crippen LogP contribution is -2.43. The van der Waals surface area contributed by atoms with Crippen molar-refractivity contribution in [3.63, 3.8) is 0 Å². The maximum atomic E-state index is 12.8. The Morgan fingerprint density at radius 2 is 2.16 bits per heavy atom. The number of hydrogen-bond donors (Lipinski definition) is 1. The lowest BCUT2D eigenvalue weighted by Gasteiger charge is -2.22. The van der Waals surface area contributed by atoms with Crippen molar-refractivity contribution in [1.29, 1.82) is 5.26 Å². The Balaban J connectivity index is 1.80. The minimum atomic E-state index is -0.750. The van der Waals surface area contributed by atoms with Crippen LogP contribution < -0.4 is 10.5 Å². The molecule has 126 valence electrons. The van der Waals surface area contributed by atoms with Crippen LogP contribution in [0.1, 0.15) is 22.3 Å². The summed E-state index contributed by atoms with van der Waals surface area (Å²) in [5, 5.41) is 8.98. The molecular formula is C18H16N4O3. The molecule has 3 rings (SSSR count). The van der Waals surface area contributed by atoms with Crippen LogP contribution >= 0.6 is 0 Å². The first kappa shape index (κ1) is 16.5. The molecule has 7 nitrogen and oxygen atoms in total. The van der Waals surface area contributed by atoms with E-state index in [-0.39, 0.29) is 18.6 Å². The number of ether oxygens (including phenoxy) is 1. The second-order valence-electron chi connectivity index (χ2n) is 5.73. The van der Waals surface area contributed by atoms with E-state index >= 15 is 0 Å². The average molecular weight is 336 g/mol. The number of nitrogens with zero attached hydrogens (tertiary/aromatic N) is 3. The molecule has 0 radical (unpaired) electrons. The standard InChI is InChI=1S/C18H16N4O3/c19-9-12-3-1-4-13(7-12)18(24)22-11-15(8-16(22)17(20)23)25-14-5-2-6-21-10-14/h1-7,10,15-16H,8,11H2,(H2,20,23)/t15-,16-/m0/s1. The molecule has 2 N–H and O–H groups in total. The molecule has 2 amide bonds. The monoisotopic (exact) mass is 336 g/mol. The van der Waals surface area contributed by atoms with Gasteiger partial charge in [-0.1, -0.05) is 6.07 Å². The number of carbonyl (C=O) groups is 2. The maximum absolute atomic E-state index is 12.8. The summed E-state index contributed by atoms with van der Waals surface area (Å²) in [4.78, 5) is 29.9. The van der Waals surface area contributed by atoms with Crippen LogP contribution in [-0.2, 0) is 4.79 Å². The maximum Gasteiger partial charge on any atom is 0.254 e. The number of amides is 2. The second kappa shape index (κ2) is 7.01. The minimum Gasteiger partial charge on any atom is -0.487 e. The van der Waals surface area contributed by atoms with Crippen molar-refractivity contribution in [3.8, 4) is 11.8 Å². The zero-order valence-electron chi connectivity index (χ0n) is 13.3. The van der Waals surface area contributed by atoms with Crippen LogP contribution in [0, 0.1) is 11.3 Å². The molecule has 25 heavy (non-hydrogen) atoms. The van der Waals surface area contributed by atoms with Gasteiger partial charge in [0.15, 0.2) is 0 Å². The highest BCUT2D eigenvalue weighted by molar-refractivity contribution is 5.98. The summed E-state index contributed by atoms with van der Waals surface area (Å²) in [6, 6.07) is 11.1. The number of nitriles is 1. The van der Waals surface area contributed by atoms with Crippen LogP contribution in [-0.4, -0.2) is 40.4 Å². The van der Waals surface area contributed by atoms with E-state index in [2.05, 4.69) is 4.98 Å². The second-order valence-corrected chi connectivity index (χ2v) is 5.73. The van der Waals surface area contributed by atoms with E-state index in [9.17, 15) is 9.59 Å². The Morgan fingerprint density at radius 3 is 2.84 bits per heavy atom. The molecule has 2 heterocycles. The van der Waals surface area contributed by atoms with Crippen LogP contribution in [0.3, 0.4) is 0 Å². The Bertz CT molecular complexity index is 832. The number of likely N-dealkylation sites (tertiary alicyclic amines) is 1. The van der Waals surface area contributed by atoms with Crippen molar-refractivity contribution in [3.05, 3.63) is 59.9 Å². The van der Waals surface area contributed by atoms with Crippen LogP contribution in [0.25, 0.3) is 0 Å². The normalized spacial score (nSPS) is 19.2. The van der Waals surface area contributed by atoms with E-state index < -0.39 is 11.9 Å². The van der Waals surface area contributed by atoms with Crippen molar-refractivity contribution >= 4 is 11.8 Å². The van der Waals surface area contributed by atoms with Crippen molar-refractivity contribution in [2.45, 2.75) is 18.6 Å². The Hall–Kier alpha value is -3.40. The lowest BCUT2D eigenvalue weighted by atomic mass is 10.1. The summed E-state index contributed by atoms with van der Waals surface area (Å²) in [6.45, 7) is 0.234. The Labute approximate surface area is 144 Å². The fraction of sp³-hybridized carbons (Fsp3) is 0.222. The zero-order chi connectivity index (χ0) is 17.8.